The minimum absolute atomic E-state index is 0.288. The van der Waals surface area contributed by atoms with E-state index in [4.69, 9.17) is 0 Å². The number of fused-ring (bicyclic) bond motifs is 1. The van der Waals surface area contributed by atoms with E-state index >= 15 is 0 Å². The van der Waals surface area contributed by atoms with Gasteiger partial charge in [-0.05, 0) is 54.0 Å². The van der Waals surface area contributed by atoms with E-state index in [1.54, 1.807) is 4.80 Å². The zero-order chi connectivity index (χ0) is 17.3. The largest absolute Gasteiger partial charge is 0.505 e. The third kappa shape index (κ3) is 3.42. The highest BCUT2D eigenvalue weighted by Crippen LogP contribution is 2.30. The van der Waals surface area contributed by atoms with Crippen LogP contribution in [0.2, 0.25) is 0 Å². The van der Waals surface area contributed by atoms with E-state index in [9.17, 15) is 5.11 Å². The highest BCUT2D eigenvalue weighted by atomic mass is 16.3. The summed E-state index contributed by atoms with van der Waals surface area (Å²) in [4.78, 5) is 1.56. The maximum absolute atomic E-state index is 10.8. The predicted octanol–water partition coefficient (Wildman–Crippen LogP) is 4.52. The summed E-state index contributed by atoms with van der Waals surface area (Å²) in [6, 6.07) is 11.9. The molecule has 0 saturated heterocycles. The topological polar surface area (TPSA) is 50.9 Å². The van der Waals surface area contributed by atoms with E-state index in [0.29, 0.717) is 17.5 Å². The molecular weight excluding hydrogens is 298 g/mol. The highest BCUT2D eigenvalue weighted by molar-refractivity contribution is 5.73. The quantitative estimate of drug-likeness (QED) is 0.751. The number of hydrogen-bond acceptors (Lipinski definition) is 3. The summed E-state index contributed by atoms with van der Waals surface area (Å²) in [5.74, 6) is 1.32. The van der Waals surface area contributed by atoms with E-state index in [-0.39, 0.29) is 5.75 Å². The molecule has 2 aromatic carbocycles. The van der Waals surface area contributed by atoms with Gasteiger partial charge >= 0.3 is 0 Å². The smallest absolute Gasteiger partial charge is 0.146 e. The first kappa shape index (κ1) is 16.5. The monoisotopic (exact) mass is 323 g/mol. The third-order valence-electron chi connectivity index (χ3n) is 4.00. The lowest BCUT2D eigenvalue weighted by Crippen LogP contribution is -2.05. The van der Waals surface area contributed by atoms with Gasteiger partial charge in [0.1, 0.15) is 22.5 Å². The third-order valence-corrected chi connectivity index (χ3v) is 4.00. The van der Waals surface area contributed by atoms with Gasteiger partial charge in [-0.2, -0.15) is 0 Å². The summed E-state index contributed by atoms with van der Waals surface area (Å²) < 4.78 is 0. The fourth-order valence-corrected chi connectivity index (χ4v) is 3.05. The average Bonchev–Trinajstić information content (AvgIpc) is 2.93. The summed E-state index contributed by atoms with van der Waals surface area (Å²) >= 11 is 0. The van der Waals surface area contributed by atoms with Crippen molar-refractivity contribution in [3.63, 3.8) is 0 Å². The second kappa shape index (κ2) is 6.63. The number of hydrogen-bond donors (Lipinski definition) is 1. The minimum atomic E-state index is 0.288. The van der Waals surface area contributed by atoms with Crippen molar-refractivity contribution in [3.05, 3.63) is 47.5 Å². The van der Waals surface area contributed by atoms with Crippen LogP contribution in [0.1, 0.15) is 38.8 Å². The molecule has 3 rings (SSSR count). The van der Waals surface area contributed by atoms with Crippen LogP contribution in [0.4, 0.5) is 0 Å². The minimum Gasteiger partial charge on any atom is -0.505 e. The van der Waals surface area contributed by atoms with Crippen molar-refractivity contribution in [2.75, 3.05) is 0 Å². The fourth-order valence-electron chi connectivity index (χ4n) is 3.05. The Balaban J connectivity index is 2.13. The Kier molecular flexibility index (Phi) is 4.56. The molecule has 4 heteroatoms. The summed E-state index contributed by atoms with van der Waals surface area (Å²) in [7, 11) is 0. The molecule has 0 saturated carbocycles. The Morgan fingerprint density at radius 1 is 0.917 bits per heavy atom. The lowest BCUT2D eigenvalue weighted by molar-refractivity contribution is 0.454. The van der Waals surface area contributed by atoms with Crippen LogP contribution in [0.3, 0.4) is 0 Å². The molecule has 126 valence electrons. The molecule has 0 fully saturated rings. The fraction of sp³-hybridized carbons (Fsp3) is 0.400. The molecular formula is C20H25N3O. The Labute approximate surface area is 143 Å². The van der Waals surface area contributed by atoms with Crippen LogP contribution < -0.4 is 0 Å². The van der Waals surface area contributed by atoms with Gasteiger partial charge in [-0.1, -0.05) is 45.9 Å². The molecule has 0 atom stereocenters. The van der Waals surface area contributed by atoms with Crippen molar-refractivity contribution in [1.29, 1.82) is 0 Å². The summed E-state index contributed by atoms with van der Waals surface area (Å²) in [6.45, 7) is 8.73. The van der Waals surface area contributed by atoms with Gasteiger partial charge in [0.25, 0.3) is 0 Å². The van der Waals surface area contributed by atoms with Crippen LogP contribution in [-0.4, -0.2) is 20.1 Å². The van der Waals surface area contributed by atoms with Crippen molar-refractivity contribution in [2.24, 2.45) is 11.8 Å². The van der Waals surface area contributed by atoms with Crippen molar-refractivity contribution < 1.29 is 5.11 Å². The van der Waals surface area contributed by atoms with Crippen LogP contribution in [-0.2, 0) is 12.8 Å². The van der Waals surface area contributed by atoms with E-state index in [1.165, 1.54) is 5.56 Å². The Morgan fingerprint density at radius 3 is 2.04 bits per heavy atom. The first-order valence-electron chi connectivity index (χ1n) is 8.61. The van der Waals surface area contributed by atoms with Gasteiger partial charge in [0.05, 0.1) is 0 Å². The van der Waals surface area contributed by atoms with Crippen LogP contribution in [0.15, 0.2) is 36.4 Å². The predicted molar refractivity (Wildman–Crippen MR) is 97.6 cm³/mol. The molecule has 0 bridgehead atoms. The first-order valence-corrected chi connectivity index (χ1v) is 8.61. The Bertz CT molecular complexity index is 816. The molecule has 0 aliphatic heterocycles. The van der Waals surface area contributed by atoms with E-state index in [0.717, 1.165) is 29.4 Å². The Morgan fingerprint density at radius 2 is 1.50 bits per heavy atom. The molecule has 0 radical (unpaired) electrons. The number of benzene rings is 2. The number of phenols is 1. The van der Waals surface area contributed by atoms with Gasteiger partial charge in [-0.3, -0.25) is 0 Å². The molecule has 1 aromatic heterocycles. The molecule has 0 aliphatic rings. The van der Waals surface area contributed by atoms with Crippen LogP contribution >= 0.6 is 0 Å². The molecule has 1 N–H and O–H groups in total. The van der Waals surface area contributed by atoms with Gasteiger partial charge < -0.3 is 5.11 Å². The van der Waals surface area contributed by atoms with Crippen molar-refractivity contribution in [1.82, 2.24) is 15.0 Å². The lowest BCUT2D eigenvalue weighted by Gasteiger charge is -2.15. The van der Waals surface area contributed by atoms with Crippen LogP contribution in [0.5, 0.6) is 5.75 Å². The second-order valence-corrected chi connectivity index (χ2v) is 7.30. The highest BCUT2D eigenvalue weighted by Gasteiger charge is 2.16. The van der Waals surface area contributed by atoms with Gasteiger partial charge in [0, 0.05) is 0 Å². The zero-order valence-corrected chi connectivity index (χ0v) is 14.8. The van der Waals surface area contributed by atoms with Crippen LogP contribution in [0.25, 0.3) is 16.7 Å². The molecule has 3 aromatic rings. The van der Waals surface area contributed by atoms with Gasteiger partial charge in [0.15, 0.2) is 0 Å². The molecule has 0 aliphatic carbocycles. The molecule has 4 nitrogen and oxygen atoms in total. The average molecular weight is 323 g/mol. The summed E-state index contributed by atoms with van der Waals surface area (Å²) in [5.41, 5.74) is 4.52. The van der Waals surface area contributed by atoms with Crippen molar-refractivity contribution >= 4 is 11.0 Å². The summed E-state index contributed by atoms with van der Waals surface area (Å²) in [6.07, 6.45) is 1.81. The number of nitrogens with zero attached hydrogens (tertiary/aromatic N) is 3. The number of phenolic OH excluding ortho intramolecular Hbond substituents is 1. The van der Waals surface area contributed by atoms with Crippen molar-refractivity contribution in [2.45, 2.75) is 40.5 Å². The van der Waals surface area contributed by atoms with Gasteiger partial charge in [-0.15, -0.1) is 15.0 Å². The van der Waals surface area contributed by atoms with Gasteiger partial charge in [-0.25, -0.2) is 0 Å². The number of aromatic nitrogens is 3. The molecule has 24 heavy (non-hydrogen) atoms. The van der Waals surface area contributed by atoms with E-state index in [1.807, 2.05) is 30.3 Å². The standard InChI is InChI=1S/C20H25N3O/c1-13(2)9-15-11-16(10-14(3)4)20(24)19(12-15)23-21-17-7-5-6-8-18(17)22-23/h5-8,11-14,24H,9-10H2,1-4H3. The summed E-state index contributed by atoms with van der Waals surface area (Å²) in [5, 5.41) is 19.8. The second-order valence-electron chi connectivity index (χ2n) is 7.30. The maximum atomic E-state index is 10.8. The first-order chi connectivity index (χ1) is 11.4. The van der Waals surface area contributed by atoms with Crippen molar-refractivity contribution in [3.8, 4) is 11.4 Å². The maximum Gasteiger partial charge on any atom is 0.146 e. The number of aromatic hydroxyl groups is 1. The lowest BCUT2D eigenvalue weighted by atomic mass is 9.95. The molecule has 0 spiro atoms. The zero-order valence-electron chi connectivity index (χ0n) is 14.8. The number of rotatable bonds is 5. The van der Waals surface area contributed by atoms with Crippen LogP contribution in [0, 0.1) is 11.8 Å². The molecule has 0 unspecified atom stereocenters. The van der Waals surface area contributed by atoms with E-state index in [2.05, 4.69) is 44.0 Å². The van der Waals surface area contributed by atoms with Gasteiger partial charge in [0.2, 0.25) is 0 Å². The normalized spacial score (nSPS) is 11.8. The SMILES string of the molecule is CC(C)Cc1cc(CC(C)C)c(O)c(-n2nc3ccccc3n2)c1. The van der Waals surface area contributed by atoms with E-state index < -0.39 is 0 Å². The molecule has 1 heterocycles. The molecule has 0 amide bonds. The Hall–Kier alpha value is -2.36.